The third-order valence-electron chi connectivity index (χ3n) is 4.59. The van der Waals surface area contributed by atoms with Crippen LogP contribution in [-0.4, -0.2) is 29.8 Å². The van der Waals surface area contributed by atoms with Crippen LogP contribution in [0.25, 0.3) is 27.7 Å². The topological polar surface area (TPSA) is 59.4 Å². The highest BCUT2D eigenvalue weighted by atomic mass is 19.1. The molecule has 0 atom stereocenters. The number of hydrogen-bond acceptors (Lipinski definition) is 5. The zero-order valence-corrected chi connectivity index (χ0v) is 16.8. The summed E-state index contributed by atoms with van der Waals surface area (Å²) in [7, 11) is 1.80. The largest absolute Gasteiger partial charge is 0.492 e. The van der Waals surface area contributed by atoms with E-state index in [0.29, 0.717) is 35.2 Å². The maximum Gasteiger partial charge on any atom is 0.189 e. The van der Waals surface area contributed by atoms with Gasteiger partial charge in [-0.3, -0.25) is 0 Å². The van der Waals surface area contributed by atoms with Crippen LogP contribution >= 0.6 is 0 Å². The van der Waals surface area contributed by atoms with Gasteiger partial charge in [0.2, 0.25) is 0 Å². The van der Waals surface area contributed by atoms with E-state index in [1.54, 1.807) is 19.3 Å². The summed E-state index contributed by atoms with van der Waals surface area (Å²) < 4.78 is 19.7. The number of fused-ring (bicyclic) bond motifs is 1. The monoisotopic (exact) mass is 400 g/mol. The Morgan fingerprint density at radius 3 is 2.87 bits per heavy atom. The molecule has 0 aliphatic carbocycles. The highest BCUT2D eigenvalue weighted by Gasteiger charge is 2.16. The van der Waals surface area contributed by atoms with Gasteiger partial charge in [-0.2, -0.15) is 0 Å². The Morgan fingerprint density at radius 2 is 2.07 bits per heavy atom. The highest BCUT2D eigenvalue weighted by Crippen LogP contribution is 2.35. The molecular weight excluding hydrogens is 379 g/mol. The maximum absolute atomic E-state index is 13.8. The van der Waals surface area contributed by atoms with Gasteiger partial charge < -0.3 is 10.1 Å². The van der Waals surface area contributed by atoms with Gasteiger partial charge in [-0.1, -0.05) is 23.9 Å². The highest BCUT2D eigenvalue weighted by molar-refractivity contribution is 5.97. The van der Waals surface area contributed by atoms with E-state index >= 15 is 0 Å². The van der Waals surface area contributed by atoms with Crippen LogP contribution in [0.2, 0.25) is 0 Å². The van der Waals surface area contributed by atoms with Crippen LogP contribution in [0, 0.1) is 5.82 Å². The van der Waals surface area contributed by atoms with Crippen LogP contribution in [-0.2, 0) is 0 Å². The molecular formula is C24H21FN4O. The van der Waals surface area contributed by atoms with E-state index in [4.69, 9.17) is 9.72 Å². The minimum Gasteiger partial charge on any atom is -0.492 e. The van der Waals surface area contributed by atoms with Gasteiger partial charge in [0.1, 0.15) is 28.6 Å². The molecule has 0 bridgehead atoms. The van der Waals surface area contributed by atoms with Gasteiger partial charge in [-0.25, -0.2) is 19.4 Å². The Bertz CT molecular complexity index is 1220. The summed E-state index contributed by atoms with van der Waals surface area (Å²) in [5.41, 5.74) is 5.95. The van der Waals surface area contributed by atoms with E-state index in [1.807, 2.05) is 43.4 Å². The molecule has 2 heterocycles. The molecule has 0 spiro atoms. The van der Waals surface area contributed by atoms with Crippen LogP contribution in [0.3, 0.4) is 0 Å². The minimum absolute atomic E-state index is 0.291. The van der Waals surface area contributed by atoms with Gasteiger partial charge in [0.05, 0.1) is 6.61 Å². The Morgan fingerprint density at radius 1 is 1.17 bits per heavy atom. The van der Waals surface area contributed by atoms with Crippen LogP contribution in [0.15, 0.2) is 65.3 Å². The number of anilines is 1. The lowest BCUT2D eigenvalue weighted by Crippen LogP contribution is -2.03. The standard InChI is InChI=1S/C24H21FN4O/c1-3-30-21-15-17(16-9-8-10-18(25)13-16)14-19-22(21)28-24(29-23(19)26-2)20-11-6-4-5-7-12-27-20/h5-10,12-15H,3-4H2,1-2H3,(H,26,28,29). The van der Waals surface area contributed by atoms with Crippen molar-refractivity contribution in [2.45, 2.75) is 13.3 Å². The van der Waals surface area contributed by atoms with Crippen LogP contribution < -0.4 is 10.1 Å². The second-order valence-electron chi connectivity index (χ2n) is 6.60. The molecule has 0 radical (unpaired) electrons. The van der Waals surface area contributed by atoms with Crippen LogP contribution in [0.1, 0.15) is 19.2 Å². The molecule has 0 unspecified atom stereocenters. The summed E-state index contributed by atoms with van der Waals surface area (Å²) in [5, 5.41) is 3.92. The molecule has 4 rings (SSSR count). The van der Waals surface area contributed by atoms with Crippen molar-refractivity contribution in [1.29, 1.82) is 0 Å². The molecule has 1 aliphatic rings. The molecule has 0 saturated carbocycles. The van der Waals surface area contributed by atoms with Gasteiger partial charge >= 0.3 is 0 Å². The van der Waals surface area contributed by atoms with Gasteiger partial charge in [0, 0.05) is 18.6 Å². The number of benzene rings is 2. The smallest absolute Gasteiger partial charge is 0.189 e. The van der Waals surface area contributed by atoms with Gasteiger partial charge in [0.15, 0.2) is 5.82 Å². The van der Waals surface area contributed by atoms with Crippen molar-refractivity contribution in [2.75, 3.05) is 19.0 Å². The summed E-state index contributed by atoms with van der Waals surface area (Å²) in [6.45, 7) is 2.39. The molecule has 0 saturated heterocycles. The van der Waals surface area contributed by atoms with E-state index in [9.17, 15) is 4.39 Å². The van der Waals surface area contributed by atoms with Crippen molar-refractivity contribution in [3.05, 3.63) is 72.0 Å². The van der Waals surface area contributed by atoms with E-state index in [1.165, 1.54) is 12.1 Å². The van der Waals surface area contributed by atoms with E-state index in [2.05, 4.69) is 21.0 Å². The quantitative estimate of drug-likeness (QED) is 0.583. The summed E-state index contributed by atoms with van der Waals surface area (Å²) >= 11 is 0. The maximum atomic E-state index is 13.8. The van der Waals surface area contributed by atoms with Crippen LogP contribution in [0.4, 0.5) is 10.2 Å². The third kappa shape index (κ3) is 4.00. The number of nitrogens with zero attached hydrogens (tertiary/aromatic N) is 3. The minimum atomic E-state index is -0.291. The fraction of sp³-hybridized carbons (Fsp3) is 0.167. The fourth-order valence-electron chi connectivity index (χ4n) is 3.24. The number of halogens is 1. The van der Waals surface area contributed by atoms with Gasteiger partial charge in [0.25, 0.3) is 0 Å². The molecule has 30 heavy (non-hydrogen) atoms. The van der Waals surface area contributed by atoms with E-state index in [0.717, 1.165) is 22.9 Å². The van der Waals surface area contributed by atoms with Gasteiger partial charge in [-0.05, 0) is 60.9 Å². The zero-order chi connectivity index (χ0) is 20.9. The second kappa shape index (κ2) is 8.72. The number of aromatic nitrogens is 2. The Hall–Kier alpha value is -3.76. The van der Waals surface area contributed by atoms with Crippen LogP contribution in [0.5, 0.6) is 5.75 Å². The normalized spacial score (nSPS) is 13.1. The first-order chi connectivity index (χ1) is 14.7. The Kier molecular flexibility index (Phi) is 5.68. The van der Waals surface area contributed by atoms with Crippen molar-refractivity contribution >= 4 is 28.6 Å². The second-order valence-corrected chi connectivity index (χ2v) is 6.60. The van der Waals surface area contributed by atoms with Crippen molar-refractivity contribution < 1.29 is 9.13 Å². The summed E-state index contributed by atoms with van der Waals surface area (Å²) in [6, 6.07) is 10.3. The van der Waals surface area contributed by atoms with E-state index < -0.39 is 0 Å². The first-order valence-electron chi connectivity index (χ1n) is 9.76. The molecule has 0 amide bonds. The summed E-state index contributed by atoms with van der Waals surface area (Å²) in [5.74, 6) is 1.40. The first kappa shape index (κ1) is 19.6. The van der Waals surface area contributed by atoms with Crippen molar-refractivity contribution in [1.82, 2.24) is 9.97 Å². The Labute approximate surface area is 174 Å². The molecule has 2 aromatic carbocycles. The van der Waals surface area contributed by atoms with Crippen molar-refractivity contribution in [3.63, 3.8) is 0 Å². The molecule has 0 fully saturated rings. The molecule has 1 N–H and O–H groups in total. The predicted molar refractivity (Wildman–Crippen MR) is 119 cm³/mol. The first-order valence-corrected chi connectivity index (χ1v) is 9.76. The zero-order valence-electron chi connectivity index (χ0n) is 16.8. The van der Waals surface area contributed by atoms with E-state index in [-0.39, 0.29) is 5.82 Å². The molecule has 1 aromatic heterocycles. The number of rotatable bonds is 5. The molecule has 5 nitrogen and oxygen atoms in total. The van der Waals surface area contributed by atoms with Gasteiger partial charge in [-0.15, -0.1) is 0 Å². The number of nitrogens with one attached hydrogen (secondary N) is 1. The fourth-order valence-corrected chi connectivity index (χ4v) is 3.24. The number of hydrogen-bond donors (Lipinski definition) is 1. The number of allylic oxidation sites excluding steroid dienone is 3. The summed E-state index contributed by atoms with van der Waals surface area (Å²) in [4.78, 5) is 13.8. The van der Waals surface area contributed by atoms with Crippen molar-refractivity contribution in [2.24, 2.45) is 4.99 Å². The lowest BCUT2D eigenvalue weighted by atomic mass is 10.0. The lowest BCUT2D eigenvalue weighted by molar-refractivity contribution is 0.343. The molecule has 150 valence electrons. The Balaban J connectivity index is 1.95. The predicted octanol–water partition coefficient (Wildman–Crippen LogP) is 5.40. The van der Waals surface area contributed by atoms with Crippen molar-refractivity contribution in [3.8, 4) is 16.9 Å². The number of aliphatic imine (C=N–C) groups is 1. The number of ether oxygens (including phenoxy) is 1. The molecule has 1 aliphatic heterocycles. The summed E-state index contributed by atoms with van der Waals surface area (Å²) in [6.07, 6.45) is 8.25. The molecule has 6 heteroatoms. The third-order valence-corrected chi connectivity index (χ3v) is 4.59. The average molecular weight is 400 g/mol. The SMILES string of the molecule is CCOc1cc(-c2cccc(F)c2)cc2c(NC)nc(C3=C=CCC=CC=N3)nc12. The lowest BCUT2D eigenvalue weighted by Gasteiger charge is -2.14. The average Bonchev–Trinajstić information content (AvgIpc) is 2.73. The molecule has 3 aromatic rings.